The minimum absolute atomic E-state index is 0.0404. The number of aryl methyl sites for hydroxylation is 1. The maximum absolute atomic E-state index is 13.2. The molecule has 7 heteroatoms. The Kier molecular flexibility index (Phi) is 7.45. The molecule has 0 spiro atoms. The van der Waals surface area contributed by atoms with Gasteiger partial charge in [0.2, 0.25) is 0 Å². The molecule has 4 rings (SSSR count). The van der Waals surface area contributed by atoms with E-state index in [1.165, 1.54) is 0 Å². The third-order valence-corrected chi connectivity index (χ3v) is 7.94. The molecule has 1 amide bonds. The van der Waals surface area contributed by atoms with Gasteiger partial charge in [-0.3, -0.25) is 14.5 Å². The molecule has 0 radical (unpaired) electrons. The first kappa shape index (κ1) is 24.9. The number of rotatable bonds is 6. The normalized spacial score (nSPS) is 20.5. The van der Waals surface area contributed by atoms with E-state index in [0.717, 1.165) is 42.4 Å². The van der Waals surface area contributed by atoms with Crippen molar-refractivity contribution in [2.75, 3.05) is 32.8 Å². The lowest BCUT2D eigenvalue weighted by Crippen LogP contribution is -2.56. The topological polar surface area (TPSA) is 83.8 Å². The molecule has 1 unspecified atom stereocenters. The van der Waals surface area contributed by atoms with Gasteiger partial charge in [0.05, 0.1) is 11.1 Å². The van der Waals surface area contributed by atoms with Gasteiger partial charge in [-0.1, -0.05) is 12.1 Å². The van der Waals surface area contributed by atoms with Crippen LogP contribution in [0.5, 0.6) is 0 Å². The largest absolute Gasteiger partial charge is 0.388 e. The van der Waals surface area contributed by atoms with Crippen LogP contribution < -0.4 is 10.9 Å². The van der Waals surface area contributed by atoms with Gasteiger partial charge in [0, 0.05) is 50.1 Å². The van der Waals surface area contributed by atoms with E-state index in [2.05, 4.69) is 17.1 Å². The van der Waals surface area contributed by atoms with Crippen LogP contribution in [-0.2, 0) is 4.74 Å². The van der Waals surface area contributed by atoms with Gasteiger partial charge in [0.25, 0.3) is 11.5 Å². The number of nitrogens with one attached hydrogen (secondary N) is 1. The molecule has 2 aliphatic rings. The quantitative estimate of drug-likeness (QED) is 0.679. The van der Waals surface area contributed by atoms with Crippen molar-refractivity contribution < 1.29 is 14.6 Å². The summed E-state index contributed by atoms with van der Waals surface area (Å²) >= 11 is 0. The lowest BCUT2D eigenvalue weighted by Gasteiger charge is -2.45. The van der Waals surface area contributed by atoms with Crippen LogP contribution in [-0.4, -0.2) is 65.0 Å². The highest BCUT2D eigenvalue weighted by molar-refractivity contribution is 5.98. The number of aliphatic hydroxyl groups is 1. The number of fused-ring (bicyclic) bond motifs is 1. The summed E-state index contributed by atoms with van der Waals surface area (Å²) in [4.78, 5) is 28.6. The van der Waals surface area contributed by atoms with Crippen molar-refractivity contribution in [1.29, 1.82) is 0 Å². The Morgan fingerprint density at radius 3 is 2.53 bits per heavy atom. The van der Waals surface area contributed by atoms with Gasteiger partial charge in [-0.15, -0.1) is 0 Å². The summed E-state index contributed by atoms with van der Waals surface area (Å²) in [7, 11) is 0. The molecule has 7 nitrogen and oxygen atoms in total. The van der Waals surface area contributed by atoms with Gasteiger partial charge < -0.3 is 19.7 Å². The fourth-order valence-corrected chi connectivity index (χ4v) is 5.54. The molecule has 1 atom stereocenters. The third kappa shape index (κ3) is 4.92. The van der Waals surface area contributed by atoms with Gasteiger partial charge >= 0.3 is 0 Å². The second kappa shape index (κ2) is 10.2. The number of hydrogen-bond acceptors (Lipinski definition) is 5. The van der Waals surface area contributed by atoms with Crippen LogP contribution in [0.2, 0.25) is 0 Å². The molecular weight excluding hydrogens is 430 g/mol. The average molecular weight is 470 g/mol. The van der Waals surface area contributed by atoms with Crippen LogP contribution in [0.3, 0.4) is 0 Å². The van der Waals surface area contributed by atoms with Gasteiger partial charge in [-0.05, 0) is 77.2 Å². The predicted octanol–water partition coefficient (Wildman–Crippen LogP) is 3.26. The molecule has 0 aliphatic carbocycles. The summed E-state index contributed by atoms with van der Waals surface area (Å²) in [5, 5.41) is 15.0. The van der Waals surface area contributed by atoms with Crippen LogP contribution in [0.4, 0.5) is 0 Å². The molecule has 3 heterocycles. The monoisotopic (exact) mass is 469 g/mol. The summed E-state index contributed by atoms with van der Waals surface area (Å²) in [5.74, 6) is 0.0723. The molecule has 0 saturated carbocycles. The Balaban J connectivity index is 1.40. The smallest absolute Gasteiger partial charge is 0.264 e. The van der Waals surface area contributed by atoms with E-state index < -0.39 is 5.60 Å². The van der Waals surface area contributed by atoms with Gasteiger partial charge in [-0.25, -0.2) is 0 Å². The predicted molar refractivity (Wildman–Crippen MR) is 134 cm³/mol. The van der Waals surface area contributed by atoms with Crippen molar-refractivity contribution in [2.45, 2.75) is 71.1 Å². The summed E-state index contributed by atoms with van der Waals surface area (Å²) in [5.41, 5.74) is 1.21. The molecule has 2 aliphatic heterocycles. The first-order valence-corrected chi connectivity index (χ1v) is 12.7. The van der Waals surface area contributed by atoms with Crippen molar-refractivity contribution in [3.8, 4) is 0 Å². The molecule has 2 fully saturated rings. The average Bonchev–Trinajstić information content (AvgIpc) is 2.82. The van der Waals surface area contributed by atoms with Gasteiger partial charge in [-0.2, -0.15) is 0 Å². The zero-order valence-corrected chi connectivity index (χ0v) is 21.0. The second-order valence-electron chi connectivity index (χ2n) is 10.4. The highest BCUT2D eigenvalue weighted by atomic mass is 16.5. The minimum Gasteiger partial charge on any atom is -0.388 e. The third-order valence-electron chi connectivity index (χ3n) is 7.94. The van der Waals surface area contributed by atoms with Crippen LogP contribution in [0.1, 0.15) is 68.4 Å². The Hall–Kier alpha value is -2.22. The van der Waals surface area contributed by atoms with Crippen LogP contribution in [0, 0.1) is 12.8 Å². The van der Waals surface area contributed by atoms with E-state index >= 15 is 0 Å². The standard InChI is InChI=1S/C27H39N3O4/c1-18(2)30-24-7-5-6-19(3)22(24)16-23(26(30)32)25(31)28-17-21-8-12-29(13-9-21)20(4)27(33)10-14-34-15-11-27/h5-7,16,18,20-21,33H,8-15,17H2,1-4H3,(H,28,31). The number of ether oxygens (including phenoxy) is 1. The molecule has 1 aromatic carbocycles. The van der Waals surface area contributed by atoms with E-state index in [0.29, 0.717) is 38.5 Å². The number of benzene rings is 1. The zero-order valence-electron chi connectivity index (χ0n) is 21.0. The van der Waals surface area contributed by atoms with E-state index in [9.17, 15) is 14.7 Å². The summed E-state index contributed by atoms with van der Waals surface area (Å²) in [6, 6.07) is 7.70. The van der Waals surface area contributed by atoms with Crippen LogP contribution in [0.25, 0.3) is 10.9 Å². The number of aromatic nitrogens is 1. The van der Waals surface area contributed by atoms with Gasteiger partial charge in [0.1, 0.15) is 5.56 Å². The number of likely N-dealkylation sites (tertiary alicyclic amines) is 1. The van der Waals surface area contributed by atoms with Crippen LogP contribution >= 0.6 is 0 Å². The number of carbonyl (C=O) groups excluding carboxylic acids is 1. The van der Waals surface area contributed by atoms with Crippen molar-refractivity contribution in [3.63, 3.8) is 0 Å². The van der Waals surface area contributed by atoms with E-state index in [-0.39, 0.29) is 29.1 Å². The number of pyridine rings is 1. The first-order chi connectivity index (χ1) is 16.2. The fraction of sp³-hybridized carbons (Fsp3) is 0.630. The molecule has 2 aromatic rings. The highest BCUT2D eigenvalue weighted by Crippen LogP contribution is 2.30. The molecule has 0 bridgehead atoms. The second-order valence-corrected chi connectivity index (χ2v) is 10.4. The number of piperidine rings is 1. The van der Waals surface area contributed by atoms with Crippen molar-refractivity contribution in [3.05, 3.63) is 45.7 Å². The van der Waals surface area contributed by atoms with Crippen molar-refractivity contribution >= 4 is 16.8 Å². The zero-order chi connectivity index (χ0) is 24.5. The number of amides is 1. The molecule has 2 saturated heterocycles. The number of nitrogens with zero attached hydrogens (tertiary/aromatic N) is 2. The number of hydrogen-bond donors (Lipinski definition) is 2. The molecule has 34 heavy (non-hydrogen) atoms. The SMILES string of the molecule is Cc1cccc2c1cc(C(=O)NCC1CCN(C(C)C3(O)CCOCC3)CC1)c(=O)n2C(C)C. The molecular formula is C27H39N3O4. The molecule has 2 N–H and O–H groups in total. The molecule has 1 aromatic heterocycles. The summed E-state index contributed by atoms with van der Waals surface area (Å²) < 4.78 is 7.15. The first-order valence-electron chi connectivity index (χ1n) is 12.7. The highest BCUT2D eigenvalue weighted by Gasteiger charge is 2.39. The fourth-order valence-electron chi connectivity index (χ4n) is 5.54. The summed E-state index contributed by atoms with van der Waals surface area (Å²) in [6.45, 7) is 11.7. The van der Waals surface area contributed by atoms with E-state index in [4.69, 9.17) is 4.74 Å². The Morgan fingerprint density at radius 2 is 1.88 bits per heavy atom. The Labute approximate surface area is 202 Å². The Bertz CT molecular complexity index is 1080. The Morgan fingerprint density at radius 1 is 1.21 bits per heavy atom. The molecule has 186 valence electrons. The van der Waals surface area contributed by atoms with E-state index in [1.54, 1.807) is 10.6 Å². The minimum atomic E-state index is -0.677. The summed E-state index contributed by atoms with van der Waals surface area (Å²) in [6.07, 6.45) is 3.29. The lowest BCUT2D eigenvalue weighted by atomic mass is 9.84. The maximum Gasteiger partial charge on any atom is 0.264 e. The van der Waals surface area contributed by atoms with Crippen molar-refractivity contribution in [1.82, 2.24) is 14.8 Å². The number of carbonyl (C=O) groups is 1. The van der Waals surface area contributed by atoms with Crippen LogP contribution in [0.15, 0.2) is 29.1 Å². The lowest BCUT2D eigenvalue weighted by molar-refractivity contribution is -0.112. The van der Waals surface area contributed by atoms with Gasteiger partial charge in [0.15, 0.2) is 0 Å². The van der Waals surface area contributed by atoms with E-state index in [1.807, 2.05) is 39.0 Å². The van der Waals surface area contributed by atoms with Crippen molar-refractivity contribution in [2.24, 2.45) is 5.92 Å². The maximum atomic E-state index is 13.2.